The molecule has 10 aliphatic rings. The number of carbonyl (C=O) groups excluding carboxylic acids is 5. The fourth-order valence-electron chi connectivity index (χ4n) is 21.0. The van der Waals surface area contributed by atoms with E-state index in [-0.39, 0.29) is 121 Å². The molecule has 5 unspecified atom stereocenters. The maximum atomic E-state index is 14.4. The number of hydrogen-bond donors (Lipinski definition) is 10. The van der Waals surface area contributed by atoms with Gasteiger partial charge in [0.2, 0.25) is 29.5 Å². The van der Waals surface area contributed by atoms with Gasteiger partial charge in [0.05, 0.1) is 32.8 Å². The Morgan fingerprint density at radius 2 is 0.577 bits per heavy atom. The van der Waals surface area contributed by atoms with Crippen molar-refractivity contribution < 1.29 is 50.3 Å². The van der Waals surface area contributed by atoms with E-state index in [2.05, 4.69) is 136 Å². The van der Waals surface area contributed by atoms with Crippen molar-refractivity contribution in [1.29, 1.82) is 0 Å². The van der Waals surface area contributed by atoms with Crippen molar-refractivity contribution in [1.82, 2.24) is 109 Å². The third-order valence-electron chi connectivity index (χ3n) is 30.2. The quantitative estimate of drug-likeness (QED) is 0.0198. The fourth-order valence-corrected chi connectivity index (χ4v) is 21.0. The highest BCUT2D eigenvalue weighted by molar-refractivity contribution is 5.97. The SMILES string of the molecule is C.C/C=C/C(=O)N1C[C@H](Nc2ncnc3[nH]cc([C@@H]4CC4(C)F)c23)CC[C@@H]1C.C/C=C/C(=O)N1C[C@H](Nc2ncnc3[nH]cc([C@H]4CC4(C)F)c23)CC[C@@H]1C.C=CC(=O)N1C[C@H](Nc2ncnc3[nH]cc([C@H]4[C@@H](C)C4(F)F)c23)CC[C@@H]1C.C[C@H]1CC[C@@H](Nc2ncnc3[nH]cc(C4CC4(C)F)c23)CN1C(=O)/C=C/CN(C)C.C[C@H]1CC[C@@H](Nc2ncnc3[nH]cc([C@H]4CC4(C)F)c23)CN1C(=O)/C=C/CN(C)C. The summed E-state index contributed by atoms with van der Waals surface area (Å²) in [5.74, 6) is -1.21. The van der Waals surface area contributed by atoms with E-state index in [1.807, 2.05) is 115 Å². The number of fused-ring (bicyclic) bond motifs is 5. The molecule has 10 fully saturated rings. The lowest BCUT2D eigenvalue weighted by atomic mass is 9.98. The maximum Gasteiger partial charge on any atom is 0.258 e. The van der Waals surface area contributed by atoms with Crippen molar-refractivity contribution in [3.05, 3.63) is 152 Å². The van der Waals surface area contributed by atoms with Crippen LogP contribution in [0.4, 0.5) is 55.4 Å². The number of nitrogens with zero attached hydrogens (tertiary/aromatic N) is 17. The molecule has 5 aliphatic carbocycles. The van der Waals surface area contributed by atoms with E-state index in [0.717, 1.165) is 144 Å². The molecule has 5 amide bonds. The van der Waals surface area contributed by atoms with E-state index in [4.69, 9.17) is 0 Å². The number of halogens is 6. The van der Waals surface area contributed by atoms with Crippen LogP contribution in [0.1, 0.15) is 238 Å². The number of aromatic amines is 5. The maximum absolute atomic E-state index is 14.4. The lowest BCUT2D eigenvalue weighted by Gasteiger charge is -2.38. The summed E-state index contributed by atoms with van der Waals surface area (Å²) in [5.41, 5.74) is 3.06. The van der Waals surface area contributed by atoms with Crippen LogP contribution in [0.2, 0.25) is 0 Å². The van der Waals surface area contributed by atoms with Gasteiger partial charge in [-0.25, -0.2) is 76.2 Å². The zero-order valence-corrected chi connectivity index (χ0v) is 83.7. The zero-order valence-electron chi connectivity index (χ0n) is 83.7. The topological polar surface area (TPSA) is 376 Å². The molecule has 0 spiro atoms. The number of likely N-dealkylation sites (N-methyl/N-ethyl adjacent to an activating group) is 2. The Labute approximate surface area is 826 Å². The van der Waals surface area contributed by atoms with Gasteiger partial charge >= 0.3 is 0 Å². The van der Waals surface area contributed by atoms with Gasteiger partial charge in [-0.05, 0) is 240 Å². The first-order valence-electron chi connectivity index (χ1n) is 49.8. The minimum Gasteiger partial charge on any atom is -0.365 e. The molecule has 5 saturated heterocycles. The van der Waals surface area contributed by atoms with Crippen LogP contribution < -0.4 is 26.6 Å². The van der Waals surface area contributed by atoms with Gasteiger partial charge in [-0.3, -0.25) is 24.0 Å². The highest BCUT2D eigenvalue weighted by Gasteiger charge is 2.67. The van der Waals surface area contributed by atoms with E-state index < -0.39 is 40.4 Å². The largest absolute Gasteiger partial charge is 0.365 e. The molecule has 20 atom stereocenters. The van der Waals surface area contributed by atoms with Gasteiger partial charge in [-0.1, -0.05) is 45.2 Å². The smallest absolute Gasteiger partial charge is 0.258 e. The van der Waals surface area contributed by atoms with E-state index in [1.54, 1.807) is 82.2 Å². The number of allylic oxidation sites excluding steroid dienone is 2. The number of aromatic nitrogens is 15. The number of carbonyl (C=O) groups is 5. The Bertz CT molecular complexity index is 6010. The predicted molar refractivity (Wildman–Crippen MR) is 545 cm³/mol. The van der Waals surface area contributed by atoms with Crippen LogP contribution in [0.3, 0.4) is 0 Å². The third-order valence-corrected chi connectivity index (χ3v) is 30.2. The molecule has 5 aliphatic heterocycles. The van der Waals surface area contributed by atoms with Crippen molar-refractivity contribution in [2.45, 2.75) is 299 Å². The number of anilines is 5. The molecule has 10 aromatic rings. The predicted octanol–water partition coefficient (Wildman–Crippen LogP) is 17.2. The normalized spacial score (nSPS) is 29.6. The van der Waals surface area contributed by atoms with Crippen LogP contribution in [0.15, 0.2) is 124 Å². The number of likely N-dealkylation sites (tertiary alicyclic amines) is 5. The summed E-state index contributed by atoms with van der Waals surface area (Å²) in [5, 5.41) is 21.5. The van der Waals surface area contributed by atoms with Crippen molar-refractivity contribution in [2.24, 2.45) is 5.92 Å². The van der Waals surface area contributed by atoms with Gasteiger partial charge in [0, 0.05) is 179 Å². The van der Waals surface area contributed by atoms with E-state index in [1.165, 1.54) is 37.7 Å². The average molecular weight is 1960 g/mol. The number of hydrogen-bond acceptors (Lipinski definition) is 22. The second-order valence-electron chi connectivity index (χ2n) is 41.9. The summed E-state index contributed by atoms with van der Waals surface area (Å²) in [6.45, 7) is 30.2. The Morgan fingerprint density at radius 1 is 0.366 bits per heavy atom. The number of alkyl halides is 6. The standard InChI is InChI=1S/2C22H31FN6O.2C20H26FN5O.C19H23F2N5O.CH4/c2*1-14-7-8-15(12-29(14)18(30)6-5-9-28(3)4)27-21-19-16(17-10-22(17,2)23)11-24-20(19)25-13-26-21;2*1-4-5-16(27)26-10-13(7-6-12(26)2)25-19-17-14(15-8-20(15,3)21)9-22-18(17)23-11-24-19;1-4-14(27)26-8-12(6-5-10(26)2)25-18-15-13(16-11(3)19(16,20)21)7-22-17(15)23-9-24-18;/h2*5-6,11,13-15,17H,7-10,12H2,1-4H3,(H2,24,25,26,27);2*4-5,9,11-13,15H,6-8,10H2,1-3H3,(H2,22,23,24,25);4,7,9-12,16H,1,5-6,8H2,2-3H3,(H2,22,23,24,25);1H4/b2*6-5+;2*5-4+;;/t14-,15+,17?,22?;14-,15+,17+,22?;12-,13+,15+,20?;12-,13+,15-,20?;10-,11+,12+,16+;/m00000./s1. The van der Waals surface area contributed by atoms with E-state index >= 15 is 0 Å². The van der Waals surface area contributed by atoms with E-state index in [9.17, 15) is 50.3 Å². The number of piperidine rings is 5. The van der Waals surface area contributed by atoms with Crippen LogP contribution in [-0.4, -0.2) is 302 Å². The molecule has 20 rings (SSSR count). The first kappa shape index (κ1) is 104. The second-order valence-corrected chi connectivity index (χ2v) is 41.9. The fraction of sp³-hybridized carbons (Fsp3) is 0.567. The average Bonchev–Trinajstić information content (AvgIpc) is 1.55. The van der Waals surface area contributed by atoms with Gasteiger partial charge in [0.1, 0.15) is 112 Å². The molecule has 142 heavy (non-hydrogen) atoms. The minimum atomic E-state index is -2.70. The van der Waals surface area contributed by atoms with Gasteiger partial charge in [0.15, 0.2) is 0 Å². The summed E-state index contributed by atoms with van der Waals surface area (Å²) < 4.78 is 85.2. The summed E-state index contributed by atoms with van der Waals surface area (Å²) >= 11 is 0. The summed E-state index contributed by atoms with van der Waals surface area (Å²) in [4.78, 5) is 135. The Balaban J connectivity index is 0.000000134. The Hall–Kier alpha value is -12.4. The number of amides is 5. The van der Waals surface area contributed by atoms with Crippen LogP contribution in [0.5, 0.6) is 0 Å². The molecule has 38 heteroatoms. The Morgan fingerprint density at radius 3 is 0.782 bits per heavy atom. The van der Waals surface area contributed by atoms with Crippen LogP contribution in [0, 0.1) is 5.92 Å². The lowest BCUT2D eigenvalue weighted by molar-refractivity contribution is -0.130. The van der Waals surface area contributed by atoms with Crippen molar-refractivity contribution in [3.8, 4) is 0 Å². The molecule has 5 saturated carbocycles. The molecule has 15 heterocycles. The molecule has 0 aromatic carbocycles. The number of H-pyrrole nitrogens is 5. The summed E-state index contributed by atoms with van der Waals surface area (Å²) in [6.07, 6.45) is 43.1. The van der Waals surface area contributed by atoms with Gasteiger partial charge < -0.3 is 85.8 Å². The first-order chi connectivity index (χ1) is 67.2. The summed E-state index contributed by atoms with van der Waals surface area (Å²) in [6, 6.07) is 1.36. The number of rotatable bonds is 24. The highest BCUT2D eigenvalue weighted by Crippen LogP contribution is 2.63. The van der Waals surface area contributed by atoms with Gasteiger partial charge in [-0.2, -0.15) is 0 Å². The zero-order chi connectivity index (χ0) is 101. The van der Waals surface area contributed by atoms with Crippen LogP contribution in [-0.2, 0) is 24.0 Å². The second kappa shape index (κ2) is 42.7. The molecule has 0 radical (unpaired) electrons. The molecular weight excluding hydrogens is 1820 g/mol. The molecule has 10 N–H and O–H groups in total. The lowest BCUT2D eigenvalue weighted by Crippen LogP contribution is -2.49. The van der Waals surface area contributed by atoms with E-state index in [0.29, 0.717) is 104 Å². The van der Waals surface area contributed by atoms with Crippen LogP contribution >= 0.6 is 0 Å². The molecular formula is C104H141F6N27O5. The molecule has 0 bridgehead atoms. The highest BCUT2D eigenvalue weighted by atomic mass is 19.3. The molecule has 32 nitrogen and oxygen atoms in total. The van der Waals surface area contributed by atoms with Crippen LogP contribution in [0.25, 0.3) is 55.2 Å². The minimum absolute atomic E-state index is 0. The third kappa shape index (κ3) is 23.1. The summed E-state index contributed by atoms with van der Waals surface area (Å²) in [7, 11) is 7.90. The molecule has 764 valence electrons. The molecule has 10 aromatic heterocycles. The van der Waals surface area contributed by atoms with Crippen molar-refractivity contribution in [3.63, 3.8) is 0 Å². The van der Waals surface area contributed by atoms with Gasteiger partial charge in [0.25, 0.3) is 5.92 Å². The Kier molecular flexibility index (Phi) is 31.2. The van der Waals surface area contributed by atoms with Crippen molar-refractivity contribution in [2.75, 3.05) is 101 Å². The number of nitrogens with one attached hydrogen (secondary N) is 10. The monoisotopic (exact) mass is 1960 g/mol. The van der Waals surface area contributed by atoms with Gasteiger partial charge in [-0.15, -0.1) is 0 Å². The first-order valence-corrected chi connectivity index (χ1v) is 49.8. The van der Waals surface area contributed by atoms with Crippen molar-refractivity contribution >= 4 is 114 Å².